The van der Waals surface area contributed by atoms with Gasteiger partial charge in [0.05, 0.1) is 0 Å². The molecule has 1 N–H and O–H groups in total. The summed E-state index contributed by atoms with van der Waals surface area (Å²) in [6.45, 7) is 11.4. The van der Waals surface area contributed by atoms with Gasteiger partial charge in [0, 0.05) is 32.0 Å². The first kappa shape index (κ1) is 18.1. The Morgan fingerprint density at radius 2 is 1.90 bits per heavy atom. The predicted molar refractivity (Wildman–Crippen MR) is 91.6 cm³/mol. The number of nitrogens with one attached hydrogen (secondary N) is 1. The maximum atomic E-state index is 4.08. The van der Waals surface area contributed by atoms with Crippen LogP contribution in [0.1, 0.15) is 45.6 Å². The first-order chi connectivity index (χ1) is 10.1. The number of pyridine rings is 1. The van der Waals surface area contributed by atoms with Gasteiger partial charge in [-0.05, 0) is 56.0 Å². The molecule has 1 heterocycles. The number of rotatable bonds is 11. The van der Waals surface area contributed by atoms with Gasteiger partial charge in [-0.25, -0.2) is 0 Å². The fraction of sp³-hybridized carbons (Fsp3) is 0.722. The molecular formula is C18H33N3. The van der Waals surface area contributed by atoms with Crippen molar-refractivity contribution < 1.29 is 0 Å². The van der Waals surface area contributed by atoms with Gasteiger partial charge >= 0.3 is 0 Å². The maximum Gasteiger partial charge on any atom is 0.0270 e. The zero-order valence-corrected chi connectivity index (χ0v) is 14.4. The van der Waals surface area contributed by atoms with Gasteiger partial charge in [-0.3, -0.25) is 4.98 Å². The molecule has 1 aromatic rings. The Morgan fingerprint density at radius 3 is 2.52 bits per heavy atom. The lowest BCUT2D eigenvalue weighted by molar-refractivity contribution is 0.174. The van der Waals surface area contributed by atoms with E-state index in [4.69, 9.17) is 0 Å². The Balaban J connectivity index is 2.41. The summed E-state index contributed by atoms with van der Waals surface area (Å²) in [5.41, 5.74) is 1.75. The number of aromatic nitrogens is 1. The Bertz CT molecular complexity index is 366. The van der Waals surface area contributed by atoms with Crippen LogP contribution < -0.4 is 5.32 Å². The lowest BCUT2D eigenvalue weighted by Gasteiger charge is -2.34. The summed E-state index contributed by atoms with van der Waals surface area (Å²) >= 11 is 0. The molecule has 3 heteroatoms. The Hall–Kier alpha value is -0.930. The minimum atomic E-state index is 0.372. The van der Waals surface area contributed by atoms with Crippen LogP contribution >= 0.6 is 0 Å². The second-order valence-corrected chi connectivity index (χ2v) is 6.58. The second kappa shape index (κ2) is 9.91. The van der Waals surface area contributed by atoms with E-state index < -0.39 is 0 Å². The summed E-state index contributed by atoms with van der Waals surface area (Å²) in [4.78, 5) is 6.55. The SMILES string of the molecule is CCCNCC(C)(CCC)CN(C)CCc1ccncc1. The van der Waals surface area contributed by atoms with E-state index in [2.05, 4.69) is 55.2 Å². The van der Waals surface area contributed by atoms with Crippen molar-refractivity contribution in [2.75, 3.05) is 33.2 Å². The van der Waals surface area contributed by atoms with Crippen LogP contribution in [0.5, 0.6) is 0 Å². The van der Waals surface area contributed by atoms with Crippen molar-refractivity contribution in [3.8, 4) is 0 Å². The van der Waals surface area contributed by atoms with Gasteiger partial charge < -0.3 is 10.2 Å². The van der Waals surface area contributed by atoms with Crippen LogP contribution in [0.15, 0.2) is 24.5 Å². The standard InChI is InChI=1S/C18H33N3/c1-5-10-18(3,15-20-11-6-2)16-21(4)14-9-17-7-12-19-13-8-17/h7-8,12-13,20H,5-6,9-11,14-16H2,1-4H3. The summed E-state index contributed by atoms with van der Waals surface area (Å²) in [5, 5.41) is 3.60. The summed E-state index contributed by atoms with van der Waals surface area (Å²) in [7, 11) is 2.24. The number of hydrogen-bond donors (Lipinski definition) is 1. The molecule has 0 aliphatic carbocycles. The van der Waals surface area contributed by atoms with Crippen molar-refractivity contribution in [1.29, 1.82) is 0 Å². The van der Waals surface area contributed by atoms with Gasteiger partial charge in [0.25, 0.3) is 0 Å². The molecule has 0 fully saturated rings. The molecule has 0 saturated heterocycles. The van der Waals surface area contributed by atoms with Crippen LogP contribution in [-0.2, 0) is 6.42 Å². The molecule has 120 valence electrons. The molecule has 0 aliphatic heterocycles. The molecule has 3 nitrogen and oxygen atoms in total. The number of nitrogens with zero attached hydrogens (tertiary/aromatic N) is 2. The van der Waals surface area contributed by atoms with Gasteiger partial charge in [-0.2, -0.15) is 0 Å². The third kappa shape index (κ3) is 7.58. The van der Waals surface area contributed by atoms with Crippen LogP contribution in [0.2, 0.25) is 0 Å². The quantitative estimate of drug-likeness (QED) is 0.634. The fourth-order valence-corrected chi connectivity index (χ4v) is 2.99. The molecule has 0 bridgehead atoms. The first-order valence-corrected chi connectivity index (χ1v) is 8.38. The van der Waals surface area contributed by atoms with Gasteiger partial charge in [0.1, 0.15) is 0 Å². The monoisotopic (exact) mass is 291 g/mol. The second-order valence-electron chi connectivity index (χ2n) is 6.58. The molecule has 0 aliphatic rings. The molecule has 0 amide bonds. The van der Waals surface area contributed by atoms with Crippen LogP contribution in [-0.4, -0.2) is 43.1 Å². The molecule has 1 unspecified atom stereocenters. The lowest BCUT2D eigenvalue weighted by Crippen LogP contribution is -2.41. The minimum absolute atomic E-state index is 0.372. The molecular weight excluding hydrogens is 258 g/mol. The van der Waals surface area contributed by atoms with Gasteiger partial charge in [-0.15, -0.1) is 0 Å². The minimum Gasteiger partial charge on any atom is -0.316 e. The smallest absolute Gasteiger partial charge is 0.0270 e. The van der Waals surface area contributed by atoms with Crippen molar-refractivity contribution in [3.63, 3.8) is 0 Å². The van der Waals surface area contributed by atoms with Crippen molar-refractivity contribution in [2.45, 2.75) is 46.5 Å². The largest absolute Gasteiger partial charge is 0.316 e. The average Bonchev–Trinajstić information content (AvgIpc) is 2.47. The summed E-state index contributed by atoms with van der Waals surface area (Å²) in [6, 6.07) is 4.23. The molecule has 0 radical (unpaired) electrons. The van der Waals surface area contributed by atoms with Crippen LogP contribution in [0.25, 0.3) is 0 Å². The van der Waals surface area contributed by atoms with E-state index in [1.54, 1.807) is 0 Å². The van der Waals surface area contributed by atoms with Crippen molar-refractivity contribution in [1.82, 2.24) is 15.2 Å². The Kier molecular flexibility index (Phi) is 8.55. The summed E-state index contributed by atoms with van der Waals surface area (Å²) in [6.07, 6.45) is 8.60. The molecule has 0 spiro atoms. The number of likely N-dealkylation sites (N-methyl/N-ethyl adjacent to an activating group) is 1. The van der Waals surface area contributed by atoms with Gasteiger partial charge in [-0.1, -0.05) is 27.2 Å². The Labute approximate surface area is 131 Å². The van der Waals surface area contributed by atoms with E-state index in [-0.39, 0.29) is 0 Å². The predicted octanol–water partition coefficient (Wildman–Crippen LogP) is 3.36. The molecule has 1 aromatic heterocycles. The van der Waals surface area contributed by atoms with Crippen molar-refractivity contribution in [2.24, 2.45) is 5.41 Å². The van der Waals surface area contributed by atoms with Crippen molar-refractivity contribution in [3.05, 3.63) is 30.1 Å². The summed E-state index contributed by atoms with van der Waals surface area (Å²) in [5.74, 6) is 0. The molecule has 21 heavy (non-hydrogen) atoms. The maximum absolute atomic E-state index is 4.08. The molecule has 1 rings (SSSR count). The fourth-order valence-electron chi connectivity index (χ4n) is 2.99. The van der Waals surface area contributed by atoms with Crippen LogP contribution in [0.3, 0.4) is 0 Å². The summed E-state index contributed by atoms with van der Waals surface area (Å²) < 4.78 is 0. The van der Waals surface area contributed by atoms with Crippen LogP contribution in [0, 0.1) is 5.41 Å². The highest BCUT2D eigenvalue weighted by Gasteiger charge is 2.24. The highest BCUT2D eigenvalue weighted by atomic mass is 15.1. The molecule has 0 aromatic carbocycles. The average molecular weight is 291 g/mol. The van der Waals surface area contributed by atoms with E-state index in [1.807, 2.05) is 12.4 Å². The van der Waals surface area contributed by atoms with Gasteiger partial charge in [0.2, 0.25) is 0 Å². The normalized spacial score (nSPS) is 14.3. The molecule has 0 saturated carbocycles. The lowest BCUT2D eigenvalue weighted by atomic mass is 9.84. The van der Waals surface area contributed by atoms with E-state index in [0.29, 0.717) is 5.41 Å². The number of hydrogen-bond acceptors (Lipinski definition) is 3. The first-order valence-electron chi connectivity index (χ1n) is 8.38. The van der Waals surface area contributed by atoms with E-state index in [1.165, 1.54) is 24.8 Å². The zero-order chi connectivity index (χ0) is 15.6. The zero-order valence-electron chi connectivity index (χ0n) is 14.4. The van der Waals surface area contributed by atoms with Crippen LogP contribution in [0.4, 0.5) is 0 Å². The highest BCUT2D eigenvalue weighted by Crippen LogP contribution is 2.23. The third-order valence-corrected chi connectivity index (χ3v) is 4.02. The van der Waals surface area contributed by atoms with E-state index >= 15 is 0 Å². The van der Waals surface area contributed by atoms with Crippen molar-refractivity contribution >= 4 is 0 Å². The Morgan fingerprint density at radius 1 is 1.19 bits per heavy atom. The topological polar surface area (TPSA) is 28.2 Å². The van der Waals surface area contributed by atoms with E-state index in [9.17, 15) is 0 Å². The highest BCUT2D eigenvalue weighted by molar-refractivity contribution is 5.09. The van der Waals surface area contributed by atoms with Gasteiger partial charge in [0.15, 0.2) is 0 Å². The molecule has 1 atom stereocenters. The third-order valence-electron chi connectivity index (χ3n) is 4.02. The van der Waals surface area contributed by atoms with E-state index in [0.717, 1.165) is 32.6 Å².